The normalized spacial score (nSPS) is 10.6. The van der Waals surface area contributed by atoms with Gasteiger partial charge in [0.15, 0.2) is 0 Å². The Morgan fingerprint density at radius 2 is 0.459 bits per heavy atom. The molecule has 4 aromatic carbocycles. The van der Waals surface area contributed by atoms with E-state index < -0.39 is 0 Å². The molecular weight excluding hydrogens is 925 g/mol. The Kier molecular flexibility index (Phi) is 61.1. The van der Waals surface area contributed by atoms with Gasteiger partial charge in [0.2, 0.25) is 0 Å². The smallest absolute Gasteiger partial charge is 1.00 e. The zero-order chi connectivity index (χ0) is 50.9. The van der Waals surface area contributed by atoms with E-state index in [4.69, 9.17) is 15.7 Å². The predicted molar refractivity (Wildman–Crippen MR) is 330 cm³/mol. The second-order valence-corrected chi connectivity index (χ2v) is 22.0. The van der Waals surface area contributed by atoms with Gasteiger partial charge in [0.1, 0.15) is 28.8 Å². The maximum absolute atomic E-state index is 5.36. The fourth-order valence-corrected chi connectivity index (χ4v) is 9.40. The van der Waals surface area contributed by atoms with Crippen molar-refractivity contribution in [1.82, 2.24) is 0 Å². The van der Waals surface area contributed by atoms with E-state index in [1.54, 1.807) is 0 Å². The van der Waals surface area contributed by atoms with E-state index in [0.29, 0.717) is 0 Å². The molecule has 0 spiro atoms. The van der Waals surface area contributed by atoms with Gasteiger partial charge in [0.05, 0.1) is 41.3 Å². The van der Waals surface area contributed by atoms with Crippen LogP contribution in [0.4, 0.5) is 0 Å². The fourth-order valence-electron chi connectivity index (χ4n) is 9.40. The molecule has 0 fully saturated rings. The molecule has 2 nitrogen and oxygen atoms in total. The van der Waals surface area contributed by atoms with Crippen LogP contribution in [0.5, 0.6) is 0 Å². The molecular formula is C68H118B2ClN2Na+2. The quantitative estimate of drug-likeness (QED) is 0.0238. The second kappa shape index (κ2) is 57.4. The summed E-state index contributed by atoms with van der Waals surface area (Å²) >= 11 is 0. The van der Waals surface area contributed by atoms with Crippen molar-refractivity contribution in [2.24, 2.45) is 0 Å². The average molecular weight is 1040 g/mol. The maximum Gasteiger partial charge on any atom is 1.00 e. The molecule has 0 saturated heterocycles. The van der Waals surface area contributed by atoms with Crippen LogP contribution >= 0.6 is 0 Å². The molecule has 0 atom stereocenters. The van der Waals surface area contributed by atoms with Gasteiger partial charge in [0.25, 0.3) is 0 Å². The summed E-state index contributed by atoms with van der Waals surface area (Å²) in [5, 5.41) is 0. The van der Waals surface area contributed by atoms with Gasteiger partial charge in [0, 0.05) is 11.1 Å². The monoisotopic (exact) mass is 1040 g/mol. The summed E-state index contributed by atoms with van der Waals surface area (Å²) in [6, 6.07) is 40.9. The molecule has 6 heteroatoms. The Morgan fingerprint density at radius 3 is 0.635 bits per heavy atom. The second-order valence-electron chi connectivity index (χ2n) is 22.0. The molecule has 0 N–H and O–H groups in total. The molecule has 74 heavy (non-hydrogen) atoms. The first-order valence-electron chi connectivity index (χ1n) is 29.4. The van der Waals surface area contributed by atoms with Gasteiger partial charge in [-0.15, -0.1) is 0 Å². The molecule has 0 aliphatic rings. The van der Waals surface area contributed by atoms with Crippen molar-refractivity contribution >= 4 is 26.6 Å². The summed E-state index contributed by atoms with van der Waals surface area (Å²) in [6.07, 6.45) is 46.3. The van der Waals surface area contributed by atoms with Crippen LogP contribution in [-0.4, -0.2) is 65.9 Å². The molecule has 0 aliphatic heterocycles. The van der Waals surface area contributed by atoms with Crippen molar-refractivity contribution in [3.05, 3.63) is 132 Å². The van der Waals surface area contributed by atoms with Gasteiger partial charge in [-0.25, -0.2) is 0 Å². The number of rotatable bonds is 38. The van der Waals surface area contributed by atoms with E-state index >= 15 is 0 Å². The van der Waals surface area contributed by atoms with Crippen molar-refractivity contribution < 1.29 is 50.9 Å². The maximum atomic E-state index is 5.36. The standard InChI is InChI=1S/2C27H50N.2C6H5B.2CH4.ClH.Na/c2*1-4-5-6-7-8-9-10-11-12-13-14-15-16-17-18-22-25-28(2,3)26-27-23-20-19-21-24-27;2*7-6-4-2-1-3-5-6;;;;/h2*19-21,23-24H,4-18,22,25-26H2,1-3H3;2*1-5H;2*1H4;1H;/q2*+1;;;;;;+1/p-1. The third kappa shape index (κ3) is 55.0. The van der Waals surface area contributed by atoms with Crippen LogP contribution in [0.3, 0.4) is 0 Å². The summed E-state index contributed by atoms with van der Waals surface area (Å²) in [4.78, 5) is 0. The zero-order valence-corrected chi connectivity index (χ0v) is 51.2. The number of hydrogen-bond acceptors (Lipinski definition) is 0. The van der Waals surface area contributed by atoms with E-state index in [9.17, 15) is 0 Å². The number of nitrogens with zero attached hydrogens (tertiary/aromatic N) is 2. The molecule has 4 radical (unpaired) electrons. The Morgan fingerprint density at radius 1 is 0.284 bits per heavy atom. The zero-order valence-electron chi connectivity index (χ0n) is 48.4. The van der Waals surface area contributed by atoms with Gasteiger partial charge in [-0.2, -0.15) is 0 Å². The molecule has 0 amide bonds. The summed E-state index contributed by atoms with van der Waals surface area (Å²) < 4.78 is 2.23. The first kappa shape index (κ1) is 78.7. The third-order valence-electron chi connectivity index (χ3n) is 13.7. The first-order valence-corrected chi connectivity index (χ1v) is 29.4. The van der Waals surface area contributed by atoms with Crippen molar-refractivity contribution in [1.29, 1.82) is 0 Å². The molecule has 0 saturated carbocycles. The number of unbranched alkanes of at least 4 members (excludes halogenated alkanes) is 30. The molecule has 0 aliphatic carbocycles. The minimum atomic E-state index is 0. The van der Waals surface area contributed by atoms with Crippen molar-refractivity contribution in [2.75, 3.05) is 41.3 Å². The number of halogens is 1. The predicted octanol–water partition coefficient (Wildman–Crippen LogP) is 13.3. The molecule has 0 unspecified atom stereocenters. The Balaban J connectivity index is -0.000000499. The summed E-state index contributed by atoms with van der Waals surface area (Å²) in [5.41, 5.74) is 4.57. The molecule has 4 rings (SSSR count). The number of hydrogen-bond donors (Lipinski definition) is 0. The van der Waals surface area contributed by atoms with E-state index in [1.807, 2.05) is 60.7 Å². The van der Waals surface area contributed by atoms with Crippen LogP contribution in [-0.2, 0) is 13.1 Å². The molecule has 0 heterocycles. The van der Waals surface area contributed by atoms with Gasteiger partial charge >= 0.3 is 29.6 Å². The van der Waals surface area contributed by atoms with E-state index in [-0.39, 0.29) is 56.8 Å². The Hall–Kier alpha value is -1.78. The molecule has 412 valence electrons. The minimum absolute atomic E-state index is 0. The van der Waals surface area contributed by atoms with Gasteiger partial charge in [-0.05, 0) is 25.7 Å². The molecule has 0 aromatic heterocycles. The van der Waals surface area contributed by atoms with Crippen LogP contribution in [0.25, 0.3) is 0 Å². The van der Waals surface area contributed by atoms with Crippen LogP contribution in [0.2, 0.25) is 0 Å². The van der Waals surface area contributed by atoms with Crippen molar-refractivity contribution in [3.63, 3.8) is 0 Å². The van der Waals surface area contributed by atoms with E-state index in [1.165, 1.54) is 230 Å². The SMILES string of the molecule is C.C.CCCCCCCCCCCCCCCCCC[N+](C)(C)Cc1ccccc1.CCCCCCCCCCCCCCCCCC[N+](C)(C)Cc1ccccc1.[B]c1ccccc1.[B]c1ccccc1.[Cl-].[Na+]. The summed E-state index contributed by atoms with van der Waals surface area (Å²) in [6.45, 7) is 9.50. The minimum Gasteiger partial charge on any atom is -1.00 e. The van der Waals surface area contributed by atoms with Gasteiger partial charge < -0.3 is 21.4 Å². The van der Waals surface area contributed by atoms with Crippen molar-refractivity contribution in [2.45, 2.75) is 247 Å². The average Bonchev–Trinajstić information content (AvgIpc) is 3.35. The van der Waals surface area contributed by atoms with Crippen molar-refractivity contribution in [3.8, 4) is 0 Å². The number of benzene rings is 4. The van der Waals surface area contributed by atoms with Crippen LogP contribution in [0.15, 0.2) is 121 Å². The first-order chi connectivity index (χ1) is 34.1. The van der Waals surface area contributed by atoms with E-state index in [0.717, 1.165) is 33.0 Å². The van der Waals surface area contributed by atoms with E-state index in [2.05, 4.69) is 103 Å². The Labute approximate surface area is 494 Å². The van der Waals surface area contributed by atoms with Gasteiger partial charge in [-0.1, -0.05) is 341 Å². The fraction of sp³-hybridized carbons (Fsp3) is 0.647. The third-order valence-corrected chi connectivity index (χ3v) is 13.7. The Bertz CT molecular complexity index is 1500. The number of quaternary nitrogens is 2. The van der Waals surface area contributed by atoms with Gasteiger partial charge in [-0.3, -0.25) is 0 Å². The van der Waals surface area contributed by atoms with Crippen LogP contribution in [0.1, 0.15) is 245 Å². The summed E-state index contributed by atoms with van der Waals surface area (Å²) in [7, 11) is 20.2. The summed E-state index contributed by atoms with van der Waals surface area (Å²) in [5.74, 6) is 0. The topological polar surface area (TPSA) is 0 Å². The molecule has 0 bridgehead atoms. The molecule has 4 aromatic rings. The van der Waals surface area contributed by atoms with Crippen LogP contribution < -0.4 is 52.9 Å². The van der Waals surface area contributed by atoms with Crippen LogP contribution in [0, 0.1) is 0 Å². The largest absolute Gasteiger partial charge is 1.00 e.